The van der Waals surface area contributed by atoms with Crippen LogP contribution in [0.25, 0.3) is 0 Å². The fourth-order valence-electron chi connectivity index (χ4n) is 2.74. The molecule has 0 bridgehead atoms. The van der Waals surface area contributed by atoms with E-state index in [1.165, 1.54) is 0 Å². The first-order chi connectivity index (χ1) is 10.5. The fourth-order valence-corrected chi connectivity index (χ4v) is 2.74. The van der Waals surface area contributed by atoms with Crippen molar-refractivity contribution in [2.24, 2.45) is 11.7 Å². The molecule has 0 aromatic carbocycles. The monoisotopic (exact) mass is 384 g/mol. The van der Waals surface area contributed by atoms with Crippen LogP contribution in [-0.4, -0.2) is 79.6 Å². The highest BCUT2D eigenvalue weighted by atomic mass is 35.5. The molecule has 7 nitrogen and oxygen atoms in total. The first kappa shape index (κ1) is 23.4. The largest absolute Gasteiger partial charge is 0.379 e. The van der Waals surface area contributed by atoms with Crippen molar-refractivity contribution in [3.63, 3.8) is 0 Å². The number of nitrogens with zero attached hydrogens (tertiary/aromatic N) is 2. The second-order valence-electron chi connectivity index (χ2n) is 6.35. The lowest BCUT2D eigenvalue weighted by Gasteiger charge is -2.28. The van der Waals surface area contributed by atoms with Crippen LogP contribution >= 0.6 is 24.8 Å². The molecule has 0 radical (unpaired) electrons. The molecule has 3 unspecified atom stereocenters. The molecule has 0 aliphatic carbocycles. The molecule has 2 saturated heterocycles. The molecule has 2 amide bonds. The molecule has 2 rings (SSSR count). The topological polar surface area (TPSA) is 87.9 Å². The van der Waals surface area contributed by atoms with Gasteiger partial charge in [0, 0.05) is 51.1 Å². The Morgan fingerprint density at radius 2 is 1.92 bits per heavy atom. The fraction of sp³-hybridized carbons (Fsp3) is 0.867. The van der Waals surface area contributed by atoms with Crippen LogP contribution < -0.4 is 11.1 Å². The zero-order chi connectivity index (χ0) is 16.1. The van der Waals surface area contributed by atoms with E-state index >= 15 is 0 Å². The predicted octanol–water partition coefficient (Wildman–Crippen LogP) is -0.137. The molecular weight excluding hydrogens is 355 g/mol. The first-order valence-electron chi connectivity index (χ1n) is 8.11. The molecule has 142 valence electrons. The van der Waals surface area contributed by atoms with Gasteiger partial charge in [0.15, 0.2) is 0 Å². The number of carbonyl (C=O) groups is 2. The molecule has 2 aliphatic heterocycles. The van der Waals surface area contributed by atoms with E-state index in [0.717, 1.165) is 32.8 Å². The molecular formula is C15H30Cl2N4O3. The normalized spacial score (nSPS) is 23.9. The summed E-state index contributed by atoms with van der Waals surface area (Å²) in [7, 11) is 0. The number of morpholine rings is 1. The van der Waals surface area contributed by atoms with Crippen LogP contribution in [0.15, 0.2) is 0 Å². The van der Waals surface area contributed by atoms with Gasteiger partial charge in [0.1, 0.15) is 0 Å². The number of nitrogens with one attached hydrogen (secondary N) is 1. The maximum absolute atomic E-state index is 12.0. The lowest BCUT2D eigenvalue weighted by molar-refractivity contribution is -0.128. The molecule has 0 saturated carbocycles. The molecule has 0 aromatic rings. The molecule has 24 heavy (non-hydrogen) atoms. The number of ether oxygens (including phenoxy) is 1. The summed E-state index contributed by atoms with van der Waals surface area (Å²) in [5, 5.41) is 2.94. The molecule has 3 N–H and O–H groups in total. The minimum Gasteiger partial charge on any atom is -0.379 e. The maximum atomic E-state index is 12.0. The molecule has 0 aromatic heterocycles. The molecule has 2 heterocycles. The van der Waals surface area contributed by atoms with E-state index in [2.05, 4.69) is 10.2 Å². The van der Waals surface area contributed by atoms with Gasteiger partial charge in [0.05, 0.1) is 19.3 Å². The standard InChI is InChI=1S/C15H28N4O3.2ClH/c1-11(12(2)16)15(21)17-13-9-14(20)19(10-13)4-3-18-5-7-22-8-6-18;;/h11-13H,3-10,16H2,1-2H3,(H,17,21);2*1H. The number of hydrogen-bond acceptors (Lipinski definition) is 5. The summed E-state index contributed by atoms with van der Waals surface area (Å²) in [5.41, 5.74) is 5.74. The number of nitrogens with two attached hydrogens (primary N) is 1. The third-order valence-corrected chi connectivity index (χ3v) is 4.55. The van der Waals surface area contributed by atoms with E-state index in [1.54, 1.807) is 0 Å². The zero-order valence-corrected chi connectivity index (χ0v) is 16.0. The third kappa shape index (κ3) is 6.72. The van der Waals surface area contributed by atoms with E-state index in [4.69, 9.17) is 10.5 Å². The van der Waals surface area contributed by atoms with E-state index in [9.17, 15) is 9.59 Å². The lowest BCUT2D eigenvalue weighted by Crippen LogP contribution is -2.45. The van der Waals surface area contributed by atoms with Crippen molar-refractivity contribution in [1.82, 2.24) is 15.1 Å². The summed E-state index contributed by atoms with van der Waals surface area (Å²) >= 11 is 0. The van der Waals surface area contributed by atoms with E-state index in [1.807, 2.05) is 18.7 Å². The summed E-state index contributed by atoms with van der Waals surface area (Å²) in [6, 6.07) is -0.277. The van der Waals surface area contributed by atoms with Gasteiger partial charge in [-0.3, -0.25) is 14.5 Å². The molecule has 2 aliphatic rings. The Bertz CT molecular complexity index is 406. The quantitative estimate of drug-likeness (QED) is 0.665. The zero-order valence-electron chi connectivity index (χ0n) is 14.4. The summed E-state index contributed by atoms with van der Waals surface area (Å²) in [6.45, 7) is 9.19. The van der Waals surface area contributed by atoms with Crippen molar-refractivity contribution in [3.8, 4) is 0 Å². The minimum atomic E-state index is -0.238. The summed E-state index contributed by atoms with van der Waals surface area (Å²) in [4.78, 5) is 28.2. The summed E-state index contributed by atoms with van der Waals surface area (Å²) in [5.74, 6) is -0.188. The van der Waals surface area contributed by atoms with Crippen LogP contribution in [0.3, 0.4) is 0 Å². The average molecular weight is 385 g/mol. The second-order valence-corrected chi connectivity index (χ2v) is 6.35. The minimum absolute atomic E-state index is 0. The Kier molecular flexibility index (Phi) is 10.8. The molecule has 3 atom stereocenters. The first-order valence-corrected chi connectivity index (χ1v) is 8.11. The Hall–Kier alpha value is -0.600. The van der Waals surface area contributed by atoms with Gasteiger partial charge in [0.25, 0.3) is 0 Å². The summed E-state index contributed by atoms with van der Waals surface area (Å²) < 4.78 is 5.32. The van der Waals surface area contributed by atoms with Crippen LogP contribution in [0.1, 0.15) is 20.3 Å². The maximum Gasteiger partial charge on any atom is 0.224 e. The van der Waals surface area contributed by atoms with Crippen LogP contribution in [0.4, 0.5) is 0 Å². The Labute approximate surface area is 156 Å². The smallest absolute Gasteiger partial charge is 0.224 e. The molecule has 0 spiro atoms. The van der Waals surface area contributed by atoms with Crippen molar-refractivity contribution < 1.29 is 14.3 Å². The van der Waals surface area contributed by atoms with Gasteiger partial charge in [0.2, 0.25) is 11.8 Å². The van der Waals surface area contributed by atoms with Crippen LogP contribution in [0.5, 0.6) is 0 Å². The van der Waals surface area contributed by atoms with Crippen molar-refractivity contribution in [3.05, 3.63) is 0 Å². The number of likely N-dealkylation sites (tertiary alicyclic amines) is 1. The van der Waals surface area contributed by atoms with Crippen LogP contribution in [-0.2, 0) is 14.3 Å². The number of halogens is 2. The highest BCUT2D eigenvalue weighted by Crippen LogP contribution is 2.12. The Balaban J connectivity index is 0.00000264. The van der Waals surface area contributed by atoms with Gasteiger partial charge in [-0.2, -0.15) is 0 Å². The number of amides is 2. The number of hydrogen-bond donors (Lipinski definition) is 2. The van der Waals surface area contributed by atoms with Crippen molar-refractivity contribution in [2.45, 2.75) is 32.4 Å². The highest BCUT2D eigenvalue weighted by Gasteiger charge is 2.31. The number of rotatable bonds is 6. The van der Waals surface area contributed by atoms with Gasteiger partial charge in [-0.25, -0.2) is 0 Å². The molecule has 2 fully saturated rings. The SMILES string of the molecule is CC(N)C(C)C(=O)NC1CC(=O)N(CCN2CCOCC2)C1.Cl.Cl. The van der Waals surface area contributed by atoms with Crippen LogP contribution in [0, 0.1) is 5.92 Å². The lowest BCUT2D eigenvalue weighted by atomic mass is 10.0. The predicted molar refractivity (Wildman–Crippen MR) is 97.7 cm³/mol. The van der Waals surface area contributed by atoms with E-state index < -0.39 is 0 Å². The number of carbonyl (C=O) groups excluding carboxylic acids is 2. The van der Waals surface area contributed by atoms with Gasteiger partial charge in [-0.15, -0.1) is 24.8 Å². The highest BCUT2D eigenvalue weighted by molar-refractivity contribution is 5.85. The van der Waals surface area contributed by atoms with Crippen molar-refractivity contribution in [2.75, 3.05) is 45.9 Å². The second kappa shape index (κ2) is 11.1. The Morgan fingerprint density at radius 3 is 2.50 bits per heavy atom. The molecule has 9 heteroatoms. The summed E-state index contributed by atoms with van der Waals surface area (Å²) in [6.07, 6.45) is 0.389. The van der Waals surface area contributed by atoms with E-state index in [0.29, 0.717) is 19.5 Å². The Morgan fingerprint density at radius 1 is 1.29 bits per heavy atom. The van der Waals surface area contributed by atoms with Gasteiger partial charge >= 0.3 is 0 Å². The van der Waals surface area contributed by atoms with Crippen molar-refractivity contribution >= 4 is 36.6 Å². The van der Waals surface area contributed by atoms with Crippen LogP contribution in [0.2, 0.25) is 0 Å². The van der Waals surface area contributed by atoms with Gasteiger partial charge in [-0.1, -0.05) is 6.92 Å². The van der Waals surface area contributed by atoms with Gasteiger partial charge in [-0.05, 0) is 6.92 Å². The van der Waals surface area contributed by atoms with E-state index in [-0.39, 0.29) is 54.6 Å². The third-order valence-electron chi connectivity index (χ3n) is 4.55. The average Bonchev–Trinajstić information content (AvgIpc) is 2.85. The van der Waals surface area contributed by atoms with Crippen molar-refractivity contribution in [1.29, 1.82) is 0 Å². The van der Waals surface area contributed by atoms with Gasteiger partial charge < -0.3 is 20.7 Å².